The van der Waals surface area contributed by atoms with Crippen LogP contribution in [0.3, 0.4) is 0 Å². The number of hydrogen-bond acceptors (Lipinski definition) is 5. The zero-order valence-electron chi connectivity index (χ0n) is 17.8. The van der Waals surface area contributed by atoms with Gasteiger partial charge in [0.15, 0.2) is 5.65 Å². The summed E-state index contributed by atoms with van der Waals surface area (Å²) in [4.78, 5) is 21.3. The second-order valence-electron chi connectivity index (χ2n) is 8.09. The number of thiophene rings is 1. The second-order valence-corrected chi connectivity index (χ2v) is 9.13. The highest BCUT2D eigenvalue weighted by molar-refractivity contribution is 7.09. The van der Waals surface area contributed by atoms with Crippen LogP contribution in [-0.2, 0) is 6.54 Å². The molecule has 0 bridgehead atoms. The number of rotatable bonds is 5. The first-order chi connectivity index (χ1) is 15.6. The molecule has 1 saturated heterocycles. The number of aryl methyl sites for hydroxylation is 1. The number of piperidine rings is 1. The van der Waals surface area contributed by atoms with Crippen LogP contribution in [-0.4, -0.2) is 33.8 Å². The fourth-order valence-corrected chi connectivity index (χ4v) is 4.92. The van der Waals surface area contributed by atoms with Crippen molar-refractivity contribution in [3.05, 3.63) is 69.9 Å². The Morgan fingerprint density at radius 3 is 2.81 bits per heavy atom. The number of hydrogen-bond donors (Lipinski definition) is 1. The molecular formula is C24H24FN5OS. The lowest BCUT2D eigenvalue weighted by atomic mass is 10.1. The minimum absolute atomic E-state index is 0.292. The minimum Gasteiger partial charge on any atom is -0.370 e. The molecule has 3 aromatic heterocycles. The van der Waals surface area contributed by atoms with Crippen molar-refractivity contribution in [1.29, 1.82) is 0 Å². The van der Waals surface area contributed by atoms with Crippen LogP contribution >= 0.6 is 11.3 Å². The normalized spacial score (nSPS) is 14.1. The monoisotopic (exact) mass is 449 g/mol. The van der Waals surface area contributed by atoms with E-state index in [1.165, 1.54) is 18.6 Å². The van der Waals surface area contributed by atoms with E-state index in [4.69, 9.17) is 0 Å². The van der Waals surface area contributed by atoms with Crippen LogP contribution in [0.5, 0.6) is 0 Å². The standard InChI is InChI=1S/C24H24FN5OS/c1-16-12-19(20-14-26-30(23(20)27-16)15-18-6-5-11-32-18)24(31)28-21-13-17(25)7-8-22(21)29-9-3-2-4-10-29/h5-8,11-14H,2-4,9-10,15H2,1H3,(H,28,31). The van der Waals surface area contributed by atoms with Gasteiger partial charge < -0.3 is 10.2 Å². The number of fused-ring (bicyclic) bond motifs is 1. The Morgan fingerprint density at radius 2 is 2.03 bits per heavy atom. The molecule has 1 aromatic carbocycles. The molecule has 1 fully saturated rings. The fraction of sp³-hybridized carbons (Fsp3) is 0.292. The molecule has 0 atom stereocenters. The number of nitrogens with zero attached hydrogens (tertiary/aromatic N) is 4. The van der Waals surface area contributed by atoms with Gasteiger partial charge in [-0.3, -0.25) is 4.79 Å². The highest BCUT2D eigenvalue weighted by Crippen LogP contribution is 2.30. The molecule has 32 heavy (non-hydrogen) atoms. The smallest absolute Gasteiger partial charge is 0.256 e. The lowest BCUT2D eigenvalue weighted by Crippen LogP contribution is -2.30. The van der Waals surface area contributed by atoms with Crippen molar-refractivity contribution < 1.29 is 9.18 Å². The molecule has 0 radical (unpaired) electrons. The molecule has 6 nitrogen and oxygen atoms in total. The van der Waals surface area contributed by atoms with Crippen molar-refractivity contribution >= 4 is 39.7 Å². The first-order valence-electron chi connectivity index (χ1n) is 10.8. The van der Waals surface area contributed by atoms with Gasteiger partial charge in [-0.05, 0) is 61.9 Å². The molecule has 1 amide bonds. The highest BCUT2D eigenvalue weighted by atomic mass is 32.1. The maximum Gasteiger partial charge on any atom is 0.256 e. The van der Waals surface area contributed by atoms with E-state index in [0.29, 0.717) is 28.8 Å². The fourth-order valence-electron chi connectivity index (χ4n) is 4.24. The topological polar surface area (TPSA) is 63.1 Å². The third kappa shape index (κ3) is 4.10. The predicted molar refractivity (Wildman–Crippen MR) is 126 cm³/mol. The van der Waals surface area contributed by atoms with Gasteiger partial charge in [-0.1, -0.05) is 6.07 Å². The average Bonchev–Trinajstić information content (AvgIpc) is 3.44. The quantitative estimate of drug-likeness (QED) is 0.453. The maximum absolute atomic E-state index is 14.1. The molecule has 164 valence electrons. The summed E-state index contributed by atoms with van der Waals surface area (Å²) in [5.41, 5.74) is 3.23. The van der Waals surface area contributed by atoms with Crippen LogP contribution < -0.4 is 10.2 Å². The van der Waals surface area contributed by atoms with Crippen LogP contribution in [0.4, 0.5) is 15.8 Å². The van der Waals surface area contributed by atoms with Crippen molar-refractivity contribution in [3.8, 4) is 0 Å². The van der Waals surface area contributed by atoms with E-state index in [1.54, 1.807) is 29.7 Å². The largest absolute Gasteiger partial charge is 0.370 e. The summed E-state index contributed by atoms with van der Waals surface area (Å²) in [6.07, 6.45) is 5.07. The summed E-state index contributed by atoms with van der Waals surface area (Å²) in [6, 6.07) is 10.4. The molecule has 0 unspecified atom stereocenters. The molecule has 0 saturated carbocycles. The SMILES string of the molecule is Cc1cc(C(=O)Nc2cc(F)ccc2N2CCCCC2)c2cnn(Cc3cccs3)c2n1. The number of anilines is 2. The Bertz CT molecular complexity index is 1260. The van der Waals surface area contributed by atoms with E-state index in [2.05, 4.69) is 20.3 Å². The molecule has 4 heterocycles. The first-order valence-corrected chi connectivity index (χ1v) is 11.7. The third-order valence-electron chi connectivity index (χ3n) is 5.77. The Labute approximate surface area is 189 Å². The van der Waals surface area contributed by atoms with Crippen LogP contribution in [0.25, 0.3) is 11.0 Å². The van der Waals surface area contributed by atoms with Crippen molar-refractivity contribution in [2.24, 2.45) is 0 Å². The van der Waals surface area contributed by atoms with E-state index in [1.807, 2.05) is 29.1 Å². The summed E-state index contributed by atoms with van der Waals surface area (Å²) < 4.78 is 15.9. The van der Waals surface area contributed by atoms with E-state index in [-0.39, 0.29) is 11.7 Å². The number of carbonyl (C=O) groups excluding carboxylic acids is 1. The number of carbonyl (C=O) groups is 1. The second kappa shape index (κ2) is 8.70. The van der Waals surface area contributed by atoms with Gasteiger partial charge in [-0.25, -0.2) is 14.1 Å². The van der Waals surface area contributed by atoms with Gasteiger partial charge in [0.05, 0.1) is 35.1 Å². The predicted octanol–water partition coefficient (Wildman–Crippen LogP) is 5.23. The summed E-state index contributed by atoms with van der Waals surface area (Å²) in [6.45, 7) is 4.27. The van der Waals surface area contributed by atoms with Crippen LogP contribution in [0.15, 0.2) is 48.0 Å². The molecule has 0 aliphatic carbocycles. The zero-order valence-corrected chi connectivity index (χ0v) is 18.7. The number of halogens is 1. The number of benzene rings is 1. The first kappa shape index (κ1) is 20.6. The van der Waals surface area contributed by atoms with Gasteiger partial charge in [-0.2, -0.15) is 5.10 Å². The van der Waals surface area contributed by atoms with Crippen molar-refractivity contribution in [3.63, 3.8) is 0 Å². The lowest BCUT2D eigenvalue weighted by Gasteiger charge is -2.30. The molecule has 1 aliphatic rings. The minimum atomic E-state index is -0.374. The molecule has 1 aliphatic heterocycles. The van der Waals surface area contributed by atoms with E-state index in [0.717, 1.165) is 42.2 Å². The zero-order chi connectivity index (χ0) is 22.1. The Balaban J connectivity index is 1.48. The summed E-state index contributed by atoms with van der Waals surface area (Å²) >= 11 is 1.65. The third-order valence-corrected chi connectivity index (χ3v) is 6.63. The molecule has 1 N–H and O–H groups in total. The van der Waals surface area contributed by atoms with Crippen LogP contribution in [0.2, 0.25) is 0 Å². The number of amides is 1. The van der Waals surface area contributed by atoms with Crippen LogP contribution in [0, 0.1) is 12.7 Å². The van der Waals surface area contributed by atoms with Gasteiger partial charge in [0, 0.05) is 23.7 Å². The van der Waals surface area contributed by atoms with Gasteiger partial charge in [0.25, 0.3) is 5.91 Å². The van der Waals surface area contributed by atoms with Crippen molar-refractivity contribution in [2.45, 2.75) is 32.7 Å². The Hall–Kier alpha value is -3.26. The summed E-state index contributed by atoms with van der Waals surface area (Å²) in [7, 11) is 0. The molecule has 0 spiro atoms. The lowest BCUT2D eigenvalue weighted by molar-refractivity contribution is 0.102. The molecule has 4 aromatic rings. The van der Waals surface area contributed by atoms with Gasteiger partial charge in [0.1, 0.15) is 5.82 Å². The summed E-state index contributed by atoms with van der Waals surface area (Å²) in [5.74, 6) is -0.666. The maximum atomic E-state index is 14.1. The van der Waals surface area contributed by atoms with E-state index < -0.39 is 0 Å². The average molecular weight is 450 g/mol. The van der Waals surface area contributed by atoms with Gasteiger partial charge >= 0.3 is 0 Å². The number of pyridine rings is 1. The molecular weight excluding hydrogens is 425 g/mol. The molecule has 8 heteroatoms. The summed E-state index contributed by atoms with van der Waals surface area (Å²) in [5, 5.41) is 10.1. The number of nitrogens with one attached hydrogen (secondary N) is 1. The van der Waals surface area contributed by atoms with E-state index >= 15 is 0 Å². The molecule has 5 rings (SSSR count). The van der Waals surface area contributed by atoms with Gasteiger partial charge in [-0.15, -0.1) is 11.3 Å². The van der Waals surface area contributed by atoms with E-state index in [9.17, 15) is 9.18 Å². The number of aromatic nitrogens is 3. The van der Waals surface area contributed by atoms with Gasteiger partial charge in [0.2, 0.25) is 0 Å². The van der Waals surface area contributed by atoms with Crippen LogP contribution in [0.1, 0.15) is 40.2 Å². The van der Waals surface area contributed by atoms with Crippen molar-refractivity contribution in [1.82, 2.24) is 14.8 Å². The Kier molecular flexibility index (Phi) is 5.61. The van der Waals surface area contributed by atoms with Crippen molar-refractivity contribution in [2.75, 3.05) is 23.3 Å². The Morgan fingerprint density at radius 1 is 1.19 bits per heavy atom. The highest BCUT2D eigenvalue weighted by Gasteiger charge is 2.20.